The lowest BCUT2D eigenvalue weighted by atomic mass is 10.1. The second-order valence-corrected chi connectivity index (χ2v) is 6.07. The van der Waals surface area contributed by atoms with Crippen LogP contribution in [-0.2, 0) is 24.1 Å². The van der Waals surface area contributed by atoms with Crippen molar-refractivity contribution in [2.75, 3.05) is 13.1 Å². The van der Waals surface area contributed by atoms with Crippen molar-refractivity contribution in [3.63, 3.8) is 0 Å². The molecule has 0 spiro atoms. The van der Waals surface area contributed by atoms with E-state index in [1.807, 2.05) is 23.1 Å². The van der Waals surface area contributed by atoms with E-state index in [2.05, 4.69) is 35.8 Å². The summed E-state index contributed by atoms with van der Waals surface area (Å²) in [7, 11) is 0. The van der Waals surface area contributed by atoms with Crippen molar-refractivity contribution in [2.24, 2.45) is 0 Å². The Balaban J connectivity index is 1.77. The molecule has 0 unspecified atom stereocenters. The van der Waals surface area contributed by atoms with Crippen molar-refractivity contribution in [3.05, 3.63) is 60.3 Å². The third-order valence-corrected chi connectivity index (χ3v) is 3.98. The predicted octanol–water partition coefficient (Wildman–Crippen LogP) is 3.60. The molecular formula is C20H27N3O2. The molecule has 0 aliphatic heterocycles. The van der Waals surface area contributed by atoms with E-state index in [0.717, 1.165) is 25.1 Å². The van der Waals surface area contributed by atoms with Crippen LogP contribution in [0.2, 0.25) is 0 Å². The molecule has 1 aromatic carbocycles. The van der Waals surface area contributed by atoms with Gasteiger partial charge in [-0.2, -0.15) is 4.98 Å². The van der Waals surface area contributed by atoms with Gasteiger partial charge in [0, 0.05) is 32.4 Å². The van der Waals surface area contributed by atoms with Crippen molar-refractivity contribution < 1.29 is 9.32 Å². The van der Waals surface area contributed by atoms with E-state index in [9.17, 15) is 4.79 Å². The monoisotopic (exact) mass is 341 g/mol. The number of carbonyl (C=O) groups is 1. The van der Waals surface area contributed by atoms with Crippen LogP contribution in [0.3, 0.4) is 0 Å². The van der Waals surface area contributed by atoms with Crippen LogP contribution in [-0.4, -0.2) is 34.0 Å². The Morgan fingerprint density at radius 3 is 2.76 bits per heavy atom. The van der Waals surface area contributed by atoms with Gasteiger partial charge < -0.3 is 9.42 Å². The molecule has 0 saturated heterocycles. The van der Waals surface area contributed by atoms with Crippen molar-refractivity contribution in [1.82, 2.24) is 15.0 Å². The van der Waals surface area contributed by atoms with E-state index in [4.69, 9.17) is 4.52 Å². The highest BCUT2D eigenvalue weighted by molar-refractivity contribution is 5.76. The SMILES string of the molecule is C=CCN(CCc1ccccc1)C(=O)CCCc1nc(CCC)no1. The minimum atomic E-state index is 0.143. The molecule has 25 heavy (non-hydrogen) atoms. The predicted molar refractivity (Wildman–Crippen MR) is 98.2 cm³/mol. The molecule has 0 saturated carbocycles. The summed E-state index contributed by atoms with van der Waals surface area (Å²) in [4.78, 5) is 18.7. The maximum Gasteiger partial charge on any atom is 0.226 e. The van der Waals surface area contributed by atoms with Gasteiger partial charge >= 0.3 is 0 Å². The Morgan fingerprint density at radius 2 is 2.04 bits per heavy atom. The van der Waals surface area contributed by atoms with Crippen molar-refractivity contribution in [1.29, 1.82) is 0 Å². The zero-order chi connectivity index (χ0) is 17.9. The highest BCUT2D eigenvalue weighted by atomic mass is 16.5. The number of aromatic nitrogens is 2. The Bertz CT molecular complexity index is 652. The van der Waals surface area contributed by atoms with Gasteiger partial charge in [0.2, 0.25) is 11.8 Å². The molecule has 0 atom stereocenters. The fourth-order valence-corrected chi connectivity index (χ4v) is 2.65. The third-order valence-electron chi connectivity index (χ3n) is 3.98. The fourth-order valence-electron chi connectivity index (χ4n) is 2.65. The van der Waals surface area contributed by atoms with Crippen LogP contribution in [0.25, 0.3) is 0 Å². The van der Waals surface area contributed by atoms with Crippen LogP contribution in [0.15, 0.2) is 47.5 Å². The van der Waals surface area contributed by atoms with Crippen LogP contribution >= 0.6 is 0 Å². The summed E-state index contributed by atoms with van der Waals surface area (Å²) in [6.45, 7) is 7.12. The zero-order valence-electron chi connectivity index (χ0n) is 15.0. The number of nitrogens with zero attached hydrogens (tertiary/aromatic N) is 3. The molecular weight excluding hydrogens is 314 g/mol. The van der Waals surface area contributed by atoms with E-state index in [-0.39, 0.29) is 5.91 Å². The first-order chi connectivity index (χ1) is 12.2. The topological polar surface area (TPSA) is 59.2 Å². The van der Waals surface area contributed by atoms with Crippen molar-refractivity contribution >= 4 is 5.91 Å². The van der Waals surface area contributed by atoms with E-state index >= 15 is 0 Å². The number of hydrogen-bond donors (Lipinski definition) is 0. The average molecular weight is 341 g/mol. The van der Waals surface area contributed by atoms with Gasteiger partial charge in [-0.15, -0.1) is 6.58 Å². The molecule has 1 aromatic heterocycles. The quantitative estimate of drug-likeness (QED) is 0.586. The summed E-state index contributed by atoms with van der Waals surface area (Å²) < 4.78 is 5.21. The largest absolute Gasteiger partial charge is 0.339 e. The number of aryl methyl sites for hydroxylation is 2. The summed E-state index contributed by atoms with van der Waals surface area (Å²) in [5.41, 5.74) is 1.23. The Kier molecular flexibility index (Phi) is 7.89. The minimum absolute atomic E-state index is 0.143. The number of carbonyl (C=O) groups excluding carboxylic acids is 1. The Labute approximate surface area is 149 Å². The molecule has 0 N–H and O–H groups in total. The van der Waals surface area contributed by atoms with Gasteiger partial charge in [0.1, 0.15) is 0 Å². The van der Waals surface area contributed by atoms with Crippen molar-refractivity contribution in [3.8, 4) is 0 Å². The smallest absolute Gasteiger partial charge is 0.226 e. The van der Waals surface area contributed by atoms with Gasteiger partial charge in [0.15, 0.2) is 5.82 Å². The maximum absolute atomic E-state index is 12.5. The molecule has 0 bridgehead atoms. The lowest BCUT2D eigenvalue weighted by Gasteiger charge is -2.21. The van der Waals surface area contributed by atoms with Crippen molar-refractivity contribution in [2.45, 2.75) is 45.4 Å². The van der Waals surface area contributed by atoms with Crippen LogP contribution in [0.4, 0.5) is 0 Å². The van der Waals surface area contributed by atoms with Gasteiger partial charge in [0.25, 0.3) is 0 Å². The van der Waals surface area contributed by atoms with Gasteiger partial charge in [-0.1, -0.05) is 48.5 Å². The molecule has 134 valence electrons. The van der Waals surface area contributed by atoms with Gasteiger partial charge in [-0.05, 0) is 24.8 Å². The second kappa shape index (κ2) is 10.4. The van der Waals surface area contributed by atoms with E-state index < -0.39 is 0 Å². The third kappa shape index (κ3) is 6.53. The fraction of sp³-hybridized carbons (Fsp3) is 0.450. The molecule has 1 heterocycles. The summed E-state index contributed by atoms with van der Waals surface area (Å²) in [5.74, 6) is 1.51. The Hall–Kier alpha value is -2.43. The summed E-state index contributed by atoms with van der Waals surface area (Å²) >= 11 is 0. The first kappa shape index (κ1) is 18.9. The normalized spacial score (nSPS) is 10.6. The summed E-state index contributed by atoms with van der Waals surface area (Å²) in [5, 5.41) is 3.94. The lowest BCUT2D eigenvalue weighted by Crippen LogP contribution is -2.33. The highest BCUT2D eigenvalue weighted by Gasteiger charge is 2.13. The molecule has 2 rings (SSSR count). The summed E-state index contributed by atoms with van der Waals surface area (Å²) in [6, 6.07) is 10.2. The number of amides is 1. The van der Waals surface area contributed by atoms with Crippen LogP contribution in [0.5, 0.6) is 0 Å². The molecule has 0 radical (unpaired) electrons. The minimum Gasteiger partial charge on any atom is -0.339 e. The van der Waals surface area contributed by atoms with Crippen LogP contribution < -0.4 is 0 Å². The average Bonchev–Trinajstić information content (AvgIpc) is 3.07. The standard InChI is InChI=1S/C20H27N3O2/c1-3-9-18-21-19(25-22-18)12-8-13-20(24)23(15-4-2)16-14-17-10-6-5-7-11-17/h4-7,10-11H,2-3,8-9,12-16H2,1H3. The second-order valence-electron chi connectivity index (χ2n) is 6.07. The molecule has 0 fully saturated rings. The highest BCUT2D eigenvalue weighted by Crippen LogP contribution is 2.08. The van der Waals surface area contributed by atoms with Gasteiger partial charge in [-0.25, -0.2) is 0 Å². The van der Waals surface area contributed by atoms with E-state index in [0.29, 0.717) is 38.2 Å². The molecule has 0 aliphatic rings. The zero-order valence-corrected chi connectivity index (χ0v) is 15.0. The molecule has 0 aliphatic carbocycles. The van der Waals surface area contributed by atoms with E-state index in [1.165, 1.54) is 5.56 Å². The molecule has 5 nitrogen and oxygen atoms in total. The Morgan fingerprint density at radius 1 is 1.24 bits per heavy atom. The lowest BCUT2D eigenvalue weighted by molar-refractivity contribution is -0.130. The van der Waals surface area contributed by atoms with E-state index in [1.54, 1.807) is 6.08 Å². The number of rotatable bonds is 11. The molecule has 2 aromatic rings. The maximum atomic E-state index is 12.5. The molecule has 1 amide bonds. The van der Waals surface area contributed by atoms with Gasteiger partial charge in [-0.3, -0.25) is 4.79 Å². The first-order valence-electron chi connectivity index (χ1n) is 8.97. The van der Waals surface area contributed by atoms with Crippen LogP contribution in [0.1, 0.15) is 43.5 Å². The van der Waals surface area contributed by atoms with Crippen LogP contribution in [0, 0.1) is 0 Å². The summed E-state index contributed by atoms with van der Waals surface area (Å²) in [6.07, 6.45) is 6.29. The number of hydrogen-bond acceptors (Lipinski definition) is 4. The number of benzene rings is 1. The first-order valence-corrected chi connectivity index (χ1v) is 8.97. The molecule has 5 heteroatoms. The van der Waals surface area contributed by atoms with Gasteiger partial charge in [0.05, 0.1) is 0 Å².